The van der Waals surface area contributed by atoms with Crippen molar-refractivity contribution >= 4 is 65.6 Å². The average molecular weight is 755 g/mol. The first kappa shape index (κ1) is 32.9. The number of aromatic nitrogens is 5. The first-order valence-electron chi connectivity index (χ1n) is 19.5. The number of benzene rings is 8. The zero-order valence-electron chi connectivity index (χ0n) is 31.4. The average Bonchev–Trinajstić information content (AvgIpc) is 3.97. The van der Waals surface area contributed by atoms with Crippen LogP contribution >= 0.6 is 0 Å². The van der Waals surface area contributed by atoms with Gasteiger partial charge < -0.3 is 13.6 Å². The fourth-order valence-corrected chi connectivity index (χ4v) is 8.88. The summed E-state index contributed by atoms with van der Waals surface area (Å²) in [6.45, 7) is 0. The van der Waals surface area contributed by atoms with Gasteiger partial charge in [-0.15, -0.1) is 0 Å². The highest BCUT2D eigenvalue weighted by Gasteiger charge is 2.28. The Morgan fingerprint density at radius 2 is 0.949 bits per heavy atom. The molecule has 0 N–H and O–H groups in total. The quantitative estimate of drug-likeness (QED) is 0.175. The molecule has 4 aromatic heterocycles. The number of hydrogen-bond donors (Lipinski definition) is 0. The molecule has 12 rings (SSSR count). The smallest absolute Gasteiger partial charge is 0.169 e. The Labute approximate surface area is 337 Å². The van der Waals surface area contributed by atoms with Gasteiger partial charge in [0.1, 0.15) is 17.2 Å². The number of furan rings is 1. The molecular weight excluding hydrogens is 725 g/mol. The van der Waals surface area contributed by atoms with Crippen LogP contribution in [-0.4, -0.2) is 24.1 Å². The maximum Gasteiger partial charge on any atom is 0.169 e. The molecule has 0 bridgehead atoms. The van der Waals surface area contributed by atoms with Gasteiger partial charge in [0.25, 0.3) is 0 Å². The standard InChI is InChI=1S/C52H30N6O/c53-31-34-30-43(58-42-26-14-11-23-37(42)39-29-28-38-36-22-10-13-25-41(36)57(47(38)48(39)58)35-20-8-3-9-21-35)46-40-24-12-15-27-44(40)59-49(46)45(34)52-55-50(32-16-4-1-5-17-32)54-51(56-52)33-18-6-2-7-19-33/h1-30H. The Morgan fingerprint density at radius 3 is 1.56 bits per heavy atom. The minimum atomic E-state index is 0.360. The minimum absolute atomic E-state index is 0.360. The molecule has 59 heavy (non-hydrogen) atoms. The minimum Gasteiger partial charge on any atom is -0.455 e. The molecule has 0 saturated carbocycles. The SMILES string of the molecule is N#Cc1cc(-n2c3ccccc3c3ccc4c5ccccc5n(-c5ccccc5)c4c32)c2c(oc3ccccc32)c1-c1nc(-c2ccccc2)nc(-c2ccccc2)n1. The lowest BCUT2D eigenvalue weighted by Gasteiger charge is -2.15. The van der Waals surface area contributed by atoms with E-state index in [-0.39, 0.29) is 0 Å². The van der Waals surface area contributed by atoms with Crippen molar-refractivity contribution in [3.05, 3.63) is 188 Å². The molecule has 0 aliphatic carbocycles. The summed E-state index contributed by atoms with van der Waals surface area (Å²) in [7, 11) is 0. The lowest BCUT2D eigenvalue weighted by molar-refractivity contribution is 0.669. The second-order valence-corrected chi connectivity index (χ2v) is 14.7. The van der Waals surface area contributed by atoms with E-state index in [2.05, 4.69) is 106 Å². The number of nitrogens with zero attached hydrogens (tertiary/aromatic N) is 6. The van der Waals surface area contributed by atoms with Crippen molar-refractivity contribution in [1.82, 2.24) is 24.1 Å². The highest BCUT2D eigenvalue weighted by Crippen LogP contribution is 2.46. The van der Waals surface area contributed by atoms with E-state index in [0.29, 0.717) is 39.8 Å². The van der Waals surface area contributed by atoms with Crippen molar-refractivity contribution in [3.8, 4) is 51.6 Å². The maximum atomic E-state index is 11.2. The first-order chi connectivity index (χ1) is 29.2. The molecule has 0 saturated heterocycles. The van der Waals surface area contributed by atoms with Crippen LogP contribution in [0.25, 0.3) is 111 Å². The van der Waals surface area contributed by atoms with E-state index < -0.39 is 0 Å². The highest BCUT2D eigenvalue weighted by molar-refractivity contribution is 6.25. The second kappa shape index (κ2) is 12.8. The Balaban J connectivity index is 1.25. The van der Waals surface area contributed by atoms with Crippen LogP contribution in [0.2, 0.25) is 0 Å². The lowest BCUT2D eigenvalue weighted by atomic mass is 10.00. The van der Waals surface area contributed by atoms with Crippen molar-refractivity contribution in [2.45, 2.75) is 0 Å². The van der Waals surface area contributed by atoms with Gasteiger partial charge in [0, 0.05) is 43.7 Å². The molecule has 0 unspecified atom stereocenters. The number of hydrogen-bond acceptors (Lipinski definition) is 5. The van der Waals surface area contributed by atoms with Crippen molar-refractivity contribution in [2.75, 3.05) is 0 Å². The summed E-state index contributed by atoms with van der Waals surface area (Å²) in [5, 5.41) is 17.5. The van der Waals surface area contributed by atoms with Crippen LogP contribution in [0.4, 0.5) is 0 Å². The Bertz CT molecular complexity index is 3610. The summed E-state index contributed by atoms with van der Waals surface area (Å²) in [6, 6.07) is 64.5. The lowest BCUT2D eigenvalue weighted by Crippen LogP contribution is -2.03. The summed E-state index contributed by atoms with van der Waals surface area (Å²) in [5.41, 5.74) is 9.95. The molecule has 0 fully saturated rings. The van der Waals surface area contributed by atoms with E-state index in [9.17, 15) is 5.26 Å². The summed E-state index contributed by atoms with van der Waals surface area (Å²) < 4.78 is 11.6. The van der Waals surface area contributed by atoms with E-state index in [4.69, 9.17) is 19.4 Å². The number of rotatable bonds is 5. The molecule has 8 aromatic carbocycles. The highest BCUT2D eigenvalue weighted by atomic mass is 16.3. The Hall–Kier alpha value is -8.34. The molecule has 4 heterocycles. The largest absolute Gasteiger partial charge is 0.455 e. The van der Waals surface area contributed by atoms with E-state index in [1.807, 2.05) is 91.0 Å². The third-order valence-electron chi connectivity index (χ3n) is 11.4. The van der Waals surface area contributed by atoms with Gasteiger partial charge in [-0.1, -0.05) is 146 Å². The molecule has 7 nitrogen and oxygen atoms in total. The van der Waals surface area contributed by atoms with E-state index in [1.54, 1.807) is 0 Å². The number of para-hydroxylation sites is 4. The van der Waals surface area contributed by atoms with Crippen molar-refractivity contribution in [2.24, 2.45) is 0 Å². The van der Waals surface area contributed by atoms with Crippen LogP contribution in [0, 0.1) is 11.3 Å². The normalized spacial score (nSPS) is 11.7. The first-order valence-corrected chi connectivity index (χ1v) is 19.5. The van der Waals surface area contributed by atoms with Gasteiger partial charge in [-0.05, 0) is 36.4 Å². The van der Waals surface area contributed by atoms with E-state index >= 15 is 0 Å². The molecule has 0 aliphatic rings. The van der Waals surface area contributed by atoms with Crippen LogP contribution in [0.1, 0.15) is 5.56 Å². The predicted molar refractivity (Wildman–Crippen MR) is 237 cm³/mol. The Kier molecular flexibility index (Phi) is 7.16. The molecule has 274 valence electrons. The van der Waals surface area contributed by atoms with Crippen LogP contribution in [-0.2, 0) is 0 Å². The molecule has 12 aromatic rings. The summed E-state index contributed by atoms with van der Waals surface area (Å²) >= 11 is 0. The molecule has 7 heteroatoms. The molecule has 0 aliphatic heterocycles. The summed E-state index contributed by atoms with van der Waals surface area (Å²) in [5.74, 6) is 1.37. The van der Waals surface area contributed by atoms with E-state index in [0.717, 1.165) is 76.9 Å². The molecule has 0 amide bonds. The van der Waals surface area contributed by atoms with Gasteiger partial charge in [-0.3, -0.25) is 0 Å². The molecule has 0 radical (unpaired) electrons. The van der Waals surface area contributed by atoms with Crippen LogP contribution in [0.3, 0.4) is 0 Å². The molecule has 0 atom stereocenters. The van der Waals surface area contributed by atoms with Crippen molar-refractivity contribution in [3.63, 3.8) is 0 Å². The summed E-state index contributed by atoms with van der Waals surface area (Å²) in [4.78, 5) is 15.1. The summed E-state index contributed by atoms with van der Waals surface area (Å²) in [6.07, 6.45) is 0. The maximum absolute atomic E-state index is 11.2. The fraction of sp³-hybridized carbons (Fsp3) is 0. The topological polar surface area (TPSA) is 85.5 Å². The third kappa shape index (κ3) is 4.90. The second-order valence-electron chi connectivity index (χ2n) is 14.7. The Morgan fingerprint density at radius 1 is 0.458 bits per heavy atom. The van der Waals surface area contributed by atoms with Gasteiger partial charge in [0.2, 0.25) is 0 Å². The zero-order chi connectivity index (χ0) is 39.0. The zero-order valence-corrected chi connectivity index (χ0v) is 31.4. The monoisotopic (exact) mass is 754 g/mol. The number of nitriles is 1. The van der Waals surface area contributed by atoms with Gasteiger partial charge in [0.15, 0.2) is 17.5 Å². The van der Waals surface area contributed by atoms with Gasteiger partial charge in [-0.2, -0.15) is 5.26 Å². The van der Waals surface area contributed by atoms with Crippen LogP contribution in [0.15, 0.2) is 186 Å². The van der Waals surface area contributed by atoms with Crippen molar-refractivity contribution in [1.29, 1.82) is 5.26 Å². The van der Waals surface area contributed by atoms with Crippen LogP contribution < -0.4 is 0 Å². The predicted octanol–water partition coefficient (Wildman–Crippen LogP) is 12.8. The van der Waals surface area contributed by atoms with Gasteiger partial charge >= 0.3 is 0 Å². The fourth-order valence-electron chi connectivity index (χ4n) is 8.88. The van der Waals surface area contributed by atoms with Gasteiger partial charge in [0.05, 0.1) is 44.3 Å². The number of fused-ring (bicyclic) bond motifs is 10. The van der Waals surface area contributed by atoms with E-state index in [1.165, 1.54) is 0 Å². The molecule has 0 spiro atoms. The molecular formula is C52H30N6O. The van der Waals surface area contributed by atoms with Crippen LogP contribution in [0.5, 0.6) is 0 Å². The third-order valence-corrected chi connectivity index (χ3v) is 11.4. The van der Waals surface area contributed by atoms with Crippen molar-refractivity contribution < 1.29 is 4.42 Å². The van der Waals surface area contributed by atoms with Gasteiger partial charge in [-0.25, -0.2) is 15.0 Å².